The number of hydrogen-bond donors (Lipinski definition) is 0. The van der Waals surface area contributed by atoms with Gasteiger partial charge in [-0.3, -0.25) is 0 Å². The summed E-state index contributed by atoms with van der Waals surface area (Å²) in [6.45, 7) is 19.5. The predicted molar refractivity (Wildman–Crippen MR) is 71.7 cm³/mol. The van der Waals surface area contributed by atoms with E-state index in [2.05, 4.69) is 62.3 Å². The molecular formula is C12H29Cl2NPTi. The zero-order chi connectivity index (χ0) is 12.0. The molecule has 0 heterocycles. The molecule has 0 aliphatic carbocycles. The number of halogens is 2. The topological polar surface area (TPSA) is 22.3 Å². The van der Waals surface area contributed by atoms with E-state index in [0.29, 0.717) is 0 Å². The molecule has 0 aromatic carbocycles. The molecule has 0 unspecified atom stereocenters. The van der Waals surface area contributed by atoms with Crippen molar-refractivity contribution in [1.82, 2.24) is 0 Å². The molecule has 0 saturated heterocycles. The van der Waals surface area contributed by atoms with Gasteiger partial charge in [0.2, 0.25) is 0 Å². The average molecular weight is 337 g/mol. The first-order valence-corrected chi connectivity index (χ1v) is 7.11. The van der Waals surface area contributed by atoms with Crippen molar-refractivity contribution >= 4 is 7.05 Å². The number of rotatable bonds is 0. The van der Waals surface area contributed by atoms with Crippen LogP contribution in [0.2, 0.25) is 0 Å². The van der Waals surface area contributed by atoms with Crippen LogP contribution in [-0.2, 0) is 21.7 Å². The maximum Gasteiger partial charge on any atom is 3.00 e. The van der Waals surface area contributed by atoms with E-state index in [-0.39, 0.29) is 63.4 Å². The van der Waals surface area contributed by atoms with Gasteiger partial charge < -0.3 is 30.0 Å². The SMILES string of the molecule is CC(C)(C)P(=[N-])(C(C)(C)C)C(C)(C)C.[Cl-].[Cl-].[HH].[Ti+3]. The Labute approximate surface area is 137 Å². The molecule has 105 valence electrons. The standard InChI is InChI=1S/C12H27NP.2ClH.Ti.H2/c1-10(2,3)14(13,11(4,5)6)12(7,8)9;;;;/h1-9H3;2*1H;;1H/q-1;;;+3;/p-2. The van der Waals surface area contributed by atoms with Gasteiger partial charge in [-0.15, -0.1) is 0 Å². The Morgan fingerprint density at radius 2 is 0.765 bits per heavy atom. The Bertz CT molecular complexity index is 222. The van der Waals surface area contributed by atoms with Gasteiger partial charge >= 0.3 is 21.7 Å². The molecule has 0 amide bonds. The van der Waals surface area contributed by atoms with E-state index >= 15 is 0 Å². The normalized spacial score (nSPS) is 13.0. The van der Waals surface area contributed by atoms with E-state index in [0.717, 1.165) is 0 Å². The summed E-state index contributed by atoms with van der Waals surface area (Å²) in [6, 6.07) is 0. The third kappa shape index (κ3) is 5.19. The van der Waals surface area contributed by atoms with Crippen LogP contribution in [0.3, 0.4) is 0 Å². The zero-order valence-corrected chi connectivity index (χ0v) is 16.6. The first-order valence-electron chi connectivity index (χ1n) is 5.37. The van der Waals surface area contributed by atoms with Gasteiger partial charge in [0, 0.05) is 1.43 Å². The summed E-state index contributed by atoms with van der Waals surface area (Å²) >= 11 is 0. The molecule has 0 bridgehead atoms. The molecule has 0 aliphatic heterocycles. The fourth-order valence-corrected chi connectivity index (χ4v) is 9.06. The van der Waals surface area contributed by atoms with Gasteiger partial charge in [-0.25, -0.2) is 7.05 Å². The fourth-order valence-electron chi connectivity index (χ4n) is 3.02. The summed E-state index contributed by atoms with van der Waals surface area (Å²) in [6.07, 6.45) is 0. The molecule has 0 spiro atoms. The number of nitrogens with zero attached hydrogens (tertiary/aromatic N) is 1. The molecule has 0 saturated carbocycles. The van der Waals surface area contributed by atoms with Crippen LogP contribution in [0, 0.1) is 0 Å². The van der Waals surface area contributed by atoms with Crippen LogP contribution < -0.4 is 24.8 Å². The predicted octanol–water partition coefficient (Wildman–Crippen LogP) is -0.596. The first-order chi connectivity index (χ1) is 5.75. The first kappa shape index (κ1) is 27.0. The molecule has 5 heteroatoms. The van der Waals surface area contributed by atoms with E-state index in [9.17, 15) is 5.16 Å². The summed E-state index contributed by atoms with van der Waals surface area (Å²) in [5.41, 5.74) is 0. The summed E-state index contributed by atoms with van der Waals surface area (Å²) in [7, 11) is -2.02. The second kappa shape index (κ2) is 7.34. The Hall–Kier alpha value is 1.52. The maximum absolute atomic E-state index is 11.1. The average Bonchev–Trinajstić information content (AvgIpc) is 1.77. The molecule has 0 N–H and O–H groups in total. The van der Waals surface area contributed by atoms with Gasteiger partial charge in [0.1, 0.15) is 0 Å². The molecule has 0 aromatic heterocycles. The van der Waals surface area contributed by atoms with E-state index in [1.165, 1.54) is 0 Å². The summed E-state index contributed by atoms with van der Waals surface area (Å²) in [4.78, 5) is 0. The smallest absolute Gasteiger partial charge is 1.00 e. The monoisotopic (exact) mass is 336 g/mol. The van der Waals surface area contributed by atoms with Gasteiger partial charge in [0.15, 0.2) is 0 Å². The van der Waals surface area contributed by atoms with Gasteiger partial charge in [-0.05, 0) is 15.5 Å². The Kier molecular flexibility index (Phi) is 11.7. The largest absolute Gasteiger partial charge is 3.00 e. The molecule has 0 aliphatic rings. The van der Waals surface area contributed by atoms with Crippen molar-refractivity contribution in [2.75, 3.05) is 0 Å². The molecule has 0 aromatic rings. The summed E-state index contributed by atoms with van der Waals surface area (Å²) in [5, 5.41) is 11.1. The molecule has 0 rings (SSSR count). The summed E-state index contributed by atoms with van der Waals surface area (Å²) in [5.74, 6) is 0. The minimum Gasteiger partial charge on any atom is -1.00 e. The molecule has 0 atom stereocenters. The Morgan fingerprint density at radius 3 is 0.765 bits per heavy atom. The van der Waals surface area contributed by atoms with Crippen molar-refractivity contribution in [1.29, 1.82) is 0 Å². The van der Waals surface area contributed by atoms with E-state index in [4.69, 9.17) is 0 Å². The van der Waals surface area contributed by atoms with Crippen molar-refractivity contribution in [3.05, 3.63) is 5.16 Å². The Balaban J connectivity index is -0.000000141. The molecule has 1 radical (unpaired) electrons. The molecule has 17 heavy (non-hydrogen) atoms. The van der Waals surface area contributed by atoms with E-state index in [1.54, 1.807) is 0 Å². The minimum atomic E-state index is -2.02. The van der Waals surface area contributed by atoms with Crippen molar-refractivity contribution in [2.45, 2.75) is 77.8 Å². The molecular weight excluding hydrogens is 308 g/mol. The number of hydrogen-bond acceptors (Lipinski definition) is 0. The van der Waals surface area contributed by atoms with Gasteiger partial charge in [0.05, 0.1) is 0 Å². The third-order valence-corrected chi connectivity index (χ3v) is 8.74. The Morgan fingerprint density at radius 1 is 0.647 bits per heavy atom. The van der Waals surface area contributed by atoms with Crippen LogP contribution in [-0.4, -0.2) is 15.5 Å². The second-order valence-corrected chi connectivity index (χ2v) is 12.4. The zero-order valence-electron chi connectivity index (χ0n) is 12.7. The van der Waals surface area contributed by atoms with E-state index in [1.807, 2.05) is 0 Å². The van der Waals surface area contributed by atoms with Crippen LogP contribution in [0.15, 0.2) is 0 Å². The van der Waals surface area contributed by atoms with Gasteiger partial charge in [0.25, 0.3) is 0 Å². The van der Waals surface area contributed by atoms with Crippen LogP contribution in [0.5, 0.6) is 0 Å². The molecule has 0 fully saturated rings. The maximum atomic E-state index is 11.1. The van der Waals surface area contributed by atoms with Crippen LogP contribution in [0.1, 0.15) is 63.7 Å². The van der Waals surface area contributed by atoms with Crippen molar-refractivity contribution in [3.63, 3.8) is 0 Å². The van der Waals surface area contributed by atoms with Gasteiger partial charge in [-0.2, -0.15) is 0 Å². The minimum absolute atomic E-state index is 0. The summed E-state index contributed by atoms with van der Waals surface area (Å²) < 4.78 is 0. The van der Waals surface area contributed by atoms with Crippen molar-refractivity contribution in [3.8, 4) is 0 Å². The third-order valence-electron chi connectivity index (χ3n) is 2.91. The quantitative estimate of drug-likeness (QED) is 0.416. The fraction of sp³-hybridized carbons (Fsp3) is 1.00. The van der Waals surface area contributed by atoms with Gasteiger partial charge in [-0.1, -0.05) is 62.3 Å². The van der Waals surface area contributed by atoms with Crippen molar-refractivity contribution < 1.29 is 48.0 Å². The van der Waals surface area contributed by atoms with Crippen LogP contribution in [0.4, 0.5) is 0 Å². The van der Waals surface area contributed by atoms with Crippen molar-refractivity contribution in [2.24, 2.45) is 0 Å². The van der Waals surface area contributed by atoms with Crippen LogP contribution in [0.25, 0.3) is 5.16 Å². The second-order valence-electron chi connectivity index (χ2n) is 7.15. The van der Waals surface area contributed by atoms with Crippen LogP contribution >= 0.6 is 7.05 Å². The molecule has 1 nitrogen and oxygen atoms in total. The van der Waals surface area contributed by atoms with E-state index < -0.39 is 7.05 Å².